The van der Waals surface area contributed by atoms with E-state index < -0.39 is 0 Å². The van der Waals surface area contributed by atoms with E-state index >= 15 is 0 Å². The molecule has 0 aromatic heterocycles. The van der Waals surface area contributed by atoms with Crippen LogP contribution in [-0.4, -0.2) is 49.3 Å². The maximum absolute atomic E-state index is 13.1. The summed E-state index contributed by atoms with van der Waals surface area (Å²) in [6.07, 6.45) is 3.69. The van der Waals surface area contributed by atoms with Gasteiger partial charge in [-0.2, -0.15) is 0 Å². The number of hydrogen-bond donors (Lipinski definition) is 0. The van der Waals surface area contributed by atoms with Crippen LogP contribution in [0.3, 0.4) is 0 Å². The molecule has 0 radical (unpaired) electrons. The minimum atomic E-state index is -0.221. The van der Waals surface area contributed by atoms with Crippen molar-refractivity contribution < 1.29 is 18.7 Å². The van der Waals surface area contributed by atoms with Crippen LogP contribution >= 0.6 is 0 Å². The van der Waals surface area contributed by atoms with Crippen molar-refractivity contribution in [3.63, 3.8) is 0 Å². The van der Waals surface area contributed by atoms with Gasteiger partial charge >= 0.3 is 0 Å². The van der Waals surface area contributed by atoms with Crippen LogP contribution in [0.4, 0.5) is 4.39 Å². The first-order valence-electron chi connectivity index (χ1n) is 8.88. The molecule has 0 spiro atoms. The van der Waals surface area contributed by atoms with Gasteiger partial charge in [0.1, 0.15) is 5.82 Å². The summed E-state index contributed by atoms with van der Waals surface area (Å²) < 4.78 is 24.1. The minimum absolute atomic E-state index is 0.138. The fourth-order valence-electron chi connectivity index (χ4n) is 3.65. The average Bonchev–Trinajstić information content (AvgIpc) is 3.22. The molecule has 0 bridgehead atoms. The van der Waals surface area contributed by atoms with Gasteiger partial charge in [-0.3, -0.25) is 4.79 Å². The third-order valence-electron chi connectivity index (χ3n) is 5.02. The zero-order chi connectivity index (χ0) is 16.9. The Morgan fingerprint density at radius 1 is 1.38 bits per heavy atom. The first kappa shape index (κ1) is 17.4. The second-order valence-electron chi connectivity index (χ2n) is 6.84. The molecule has 2 fully saturated rings. The minimum Gasteiger partial charge on any atom is -0.378 e. The topological polar surface area (TPSA) is 38.8 Å². The van der Waals surface area contributed by atoms with Gasteiger partial charge in [-0.1, -0.05) is 12.1 Å². The van der Waals surface area contributed by atoms with E-state index in [0.29, 0.717) is 26.2 Å². The highest BCUT2D eigenvalue weighted by Gasteiger charge is 2.32. The van der Waals surface area contributed by atoms with E-state index in [0.717, 1.165) is 31.4 Å². The van der Waals surface area contributed by atoms with Gasteiger partial charge in [0, 0.05) is 25.1 Å². The SMILES string of the molecule is C[C@@H]1C[C@@H](c2ccc(F)cc2)CN1C(=O)CCOC[C@@H]1CCCO1. The third kappa shape index (κ3) is 4.33. The average molecular weight is 335 g/mol. The van der Waals surface area contributed by atoms with Gasteiger partial charge in [-0.25, -0.2) is 4.39 Å². The Bertz CT molecular complexity index is 542. The summed E-state index contributed by atoms with van der Waals surface area (Å²) in [5, 5.41) is 0. The van der Waals surface area contributed by atoms with E-state index in [4.69, 9.17) is 9.47 Å². The number of ether oxygens (including phenoxy) is 2. The van der Waals surface area contributed by atoms with Crippen molar-refractivity contribution >= 4 is 5.91 Å². The Morgan fingerprint density at radius 2 is 2.17 bits per heavy atom. The predicted octanol–water partition coefficient (Wildman–Crippen LogP) is 3.12. The van der Waals surface area contributed by atoms with Crippen LogP contribution in [0.5, 0.6) is 0 Å². The molecule has 0 saturated carbocycles. The molecule has 0 N–H and O–H groups in total. The second kappa shape index (κ2) is 8.08. The largest absolute Gasteiger partial charge is 0.378 e. The van der Waals surface area contributed by atoms with Crippen molar-refractivity contribution in [2.24, 2.45) is 0 Å². The fraction of sp³-hybridized carbons (Fsp3) is 0.632. The van der Waals surface area contributed by atoms with Crippen molar-refractivity contribution in [3.8, 4) is 0 Å². The molecule has 2 heterocycles. The number of rotatable bonds is 6. The Kier molecular flexibility index (Phi) is 5.85. The maximum Gasteiger partial charge on any atom is 0.225 e. The van der Waals surface area contributed by atoms with Gasteiger partial charge in [-0.15, -0.1) is 0 Å². The summed E-state index contributed by atoms with van der Waals surface area (Å²) in [6.45, 7) is 4.64. The lowest BCUT2D eigenvalue weighted by Crippen LogP contribution is -2.34. The summed E-state index contributed by atoms with van der Waals surface area (Å²) in [5.41, 5.74) is 1.10. The number of amides is 1. The molecule has 3 atom stereocenters. The normalized spacial score (nSPS) is 26.9. The summed E-state index contributed by atoms with van der Waals surface area (Å²) >= 11 is 0. The number of likely N-dealkylation sites (tertiary alicyclic amines) is 1. The first-order chi connectivity index (χ1) is 11.6. The van der Waals surface area contributed by atoms with E-state index in [-0.39, 0.29) is 29.8 Å². The van der Waals surface area contributed by atoms with E-state index in [9.17, 15) is 9.18 Å². The predicted molar refractivity (Wildman–Crippen MR) is 89.3 cm³/mol. The lowest BCUT2D eigenvalue weighted by molar-refractivity contribution is -0.133. The van der Waals surface area contributed by atoms with E-state index in [1.54, 1.807) is 0 Å². The molecule has 1 aromatic carbocycles. The quantitative estimate of drug-likeness (QED) is 0.750. The zero-order valence-electron chi connectivity index (χ0n) is 14.2. The molecule has 1 aromatic rings. The first-order valence-corrected chi connectivity index (χ1v) is 8.88. The maximum atomic E-state index is 13.1. The molecule has 0 aliphatic carbocycles. The van der Waals surface area contributed by atoms with Crippen LogP contribution in [0.1, 0.15) is 44.1 Å². The summed E-state index contributed by atoms with van der Waals surface area (Å²) in [4.78, 5) is 14.4. The van der Waals surface area contributed by atoms with Crippen molar-refractivity contribution in [1.29, 1.82) is 0 Å². The highest BCUT2D eigenvalue weighted by Crippen LogP contribution is 2.32. The number of nitrogens with zero attached hydrogens (tertiary/aromatic N) is 1. The number of carbonyl (C=O) groups excluding carboxylic acids is 1. The number of halogens is 1. The van der Waals surface area contributed by atoms with E-state index in [2.05, 4.69) is 6.92 Å². The van der Waals surface area contributed by atoms with Crippen molar-refractivity contribution in [1.82, 2.24) is 4.90 Å². The molecule has 2 saturated heterocycles. The molecule has 0 unspecified atom stereocenters. The van der Waals surface area contributed by atoms with Crippen LogP contribution in [0.25, 0.3) is 0 Å². The fourth-order valence-corrected chi connectivity index (χ4v) is 3.65. The van der Waals surface area contributed by atoms with Crippen LogP contribution in [0.15, 0.2) is 24.3 Å². The Balaban J connectivity index is 1.43. The highest BCUT2D eigenvalue weighted by molar-refractivity contribution is 5.77. The Labute approximate surface area is 142 Å². The molecule has 2 aliphatic rings. The van der Waals surface area contributed by atoms with Gasteiger partial charge in [0.05, 0.1) is 25.7 Å². The molecule has 1 amide bonds. The van der Waals surface area contributed by atoms with Gasteiger partial charge in [-0.05, 0) is 43.9 Å². The standard InChI is InChI=1S/C19H26FNO3/c1-14-11-16(15-4-6-17(20)7-5-15)12-21(14)19(22)8-10-23-13-18-3-2-9-24-18/h4-7,14,16,18H,2-3,8-13H2,1H3/t14-,16-,18+/m1/s1. The zero-order valence-corrected chi connectivity index (χ0v) is 14.2. The van der Waals surface area contributed by atoms with Crippen molar-refractivity contribution in [2.75, 3.05) is 26.4 Å². The Hall–Kier alpha value is -1.46. The van der Waals surface area contributed by atoms with E-state index in [1.807, 2.05) is 17.0 Å². The second-order valence-corrected chi connectivity index (χ2v) is 6.84. The lowest BCUT2D eigenvalue weighted by atomic mass is 9.97. The molecule has 3 rings (SSSR count). The van der Waals surface area contributed by atoms with Crippen LogP contribution in [-0.2, 0) is 14.3 Å². The van der Waals surface area contributed by atoms with Crippen molar-refractivity contribution in [2.45, 2.75) is 50.7 Å². The van der Waals surface area contributed by atoms with Gasteiger partial charge in [0.25, 0.3) is 0 Å². The van der Waals surface area contributed by atoms with Crippen LogP contribution in [0, 0.1) is 5.82 Å². The van der Waals surface area contributed by atoms with Crippen LogP contribution in [0.2, 0.25) is 0 Å². The summed E-state index contributed by atoms with van der Waals surface area (Å²) in [6, 6.07) is 6.84. The molecular formula is C19H26FNO3. The molecule has 2 aliphatic heterocycles. The molecule has 5 heteroatoms. The number of hydrogen-bond acceptors (Lipinski definition) is 3. The monoisotopic (exact) mass is 335 g/mol. The van der Waals surface area contributed by atoms with Crippen molar-refractivity contribution in [3.05, 3.63) is 35.6 Å². The molecule has 24 heavy (non-hydrogen) atoms. The van der Waals surface area contributed by atoms with Gasteiger partial charge < -0.3 is 14.4 Å². The molecule has 132 valence electrons. The highest BCUT2D eigenvalue weighted by atomic mass is 19.1. The van der Waals surface area contributed by atoms with E-state index in [1.165, 1.54) is 12.1 Å². The smallest absolute Gasteiger partial charge is 0.225 e. The van der Waals surface area contributed by atoms with Gasteiger partial charge in [0.2, 0.25) is 5.91 Å². The third-order valence-corrected chi connectivity index (χ3v) is 5.02. The lowest BCUT2D eigenvalue weighted by Gasteiger charge is -2.21. The summed E-state index contributed by atoms with van der Waals surface area (Å²) in [5.74, 6) is 0.206. The molecular weight excluding hydrogens is 309 g/mol. The summed E-state index contributed by atoms with van der Waals surface area (Å²) in [7, 11) is 0. The number of carbonyl (C=O) groups is 1. The Morgan fingerprint density at radius 3 is 2.88 bits per heavy atom. The van der Waals surface area contributed by atoms with Crippen LogP contribution < -0.4 is 0 Å². The molecule has 4 nitrogen and oxygen atoms in total. The van der Waals surface area contributed by atoms with Gasteiger partial charge in [0.15, 0.2) is 0 Å². The number of benzene rings is 1.